The minimum atomic E-state index is -0.632. The second kappa shape index (κ2) is 12.1. The van der Waals surface area contributed by atoms with Gasteiger partial charge in [0, 0.05) is 25.2 Å². The molecule has 0 fully saturated rings. The van der Waals surface area contributed by atoms with E-state index in [0.717, 1.165) is 22.3 Å². The van der Waals surface area contributed by atoms with E-state index in [1.165, 1.54) is 18.2 Å². The Bertz CT molecular complexity index is 1690. The molecule has 0 aliphatic carbocycles. The predicted molar refractivity (Wildman–Crippen MR) is 159 cm³/mol. The smallest absolute Gasteiger partial charge is 0.254 e. The molecule has 7 rings (SSSR count). The normalized spacial score (nSPS) is 16.3. The van der Waals surface area contributed by atoms with Crippen LogP contribution in [0, 0.1) is 5.82 Å². The largest absolute Gasteiger partial charge is 0.493 e. The molecular weight excluding hydrogens is 549 g/mol. The van der Waals surface area contributed by atoms with Gasteiger partial charge in [-0.1, -0.05) is 24.3 Å². The molecule has 3 aliphatic heterocycles. The van der Waals surface area contributed by atoms with Gasteiger partial charge in [0.25, 0.3) is 11.8 Å². The molecule has 8 nitrogen and oxygen atoms in total. The topological polar surface area (TPSA) is 103 Å². The van der Waals surface area contributed by atoms with Gasteiger partial charge in [-0.25, -0.2) is 4.39 Å². The lowest BCUT2D eigenvalue weighted by Crippen LogP contribution is -2.40. The summed E-state index contributed by atoms with van der Waals surface area (Å²) in [6, 6.07) is 22.5. The molecule has 220 valence electrons. The molecular formula is C34H32FN3O5. The zero-order valence-electron chi connectivity index (χ0n) is 23.8. The number of halogens is 1. The van der Waals surface area contributed by atoms with Gasteiger partial charge in [0.1, 0.15) is 17.3 Å². The first kappa shape index (κ1) is 28.2. The van der Waals surface area contributed by atoms with Gasteiger partial charge >= 0.3 is 0 Å². The Morgan fingerprint density at radius 1 is 1.07 bits per heavy atom. The number of nitrogens with one attached hydrogen (secondary N) is 1. The molecule has 8 bridgehead atoms. The Labute approximate surface area is 249 Å². The average Bonchev–Trinajstić information content (AvgIpc) is 3.04. The first-order chi connectivity index (χ1) is 20.9. The number of nitrogens with two attached hydrogens (primary N) is 1. The third kappa shape index (κ3) is 5.76. The first-order valence-electron chi connectivity index (χ1n) is 14.2. The van der Waals surface area contributed by atoms with Crippen molar-refractivity contribution in [2.24, 2.45) is 5.73 Å². The Kier molecular flexibility index (Phi) is 7.98. The van der Waals surface area contributed by atoms with E-state index in [4.69, 9.17) is 19.9 Å². The number of hydrogen-bond donors (Lipinski definition) is 2. The van der Waals surface area contributed by atoms with Gasteiger partial charge in [-0.05, 0) is 89.7 Å². The van der Waals surface area contributed by atoms with Gasteiger partial charge in [0.05, 0.1) is 25.3 Å². The van der Waals surface area contributed by atoms with Crippen LogP contribution in [0.25, 0.3) is 0 Å². The van der Waals surface area contributed by atoms with Crippen LogP contribution in [0.15, 0.2) is 78.9 Å². The van der Waals surface area contributed by atoms with Gasteiger partial charge in [-0.2, -0.15) is 0 Å². The summed E-state index contributed by atoms with van der Waals surface area (Å²) in [5.41, 5.74) is 10.1. The van der Waals surface area contributed by atoms with E-state index in [9.17, 15) is 14.0 Å². The van der Waals surface area contributed by atoms with E-state index in [1.807, 2.05) is 65.6 Å². The summed E-state index contributed by atoms with van der Waals surface area (Å²) in [6.07, 6.45) is 1.08. The number of amides is 2. The Morgan fingerprint density at radius 2 is 1.91 bits per heavy atom. The van der Waals surface area contributed by atoms with Crippen molar-refractivity contribution in [2.75, 3.05) is 26.8 Å². The van der Waals surface area contributed by atoms with Gasteiger partial charge < -0.3 is 30.2 Å². The molecule has 0 spiro atoms. The zero-order valence-corrected chi connectivity index (χ0v) is 23.8. The molecule has 0 aromatic heterocycles. The number of benzene rings is 4. The van der Waals surface area contributed by atoms with E-state index in [2.05, 4.69) is 5.32 Å². The molecule has 4 aromatic rings. The van der Waals surface area contributed by atoms with Crippen LogP contribution in [0.5, 0.6) is 23.0 Å². The number of nitrogens with zero attached hydrogens (tertiary/aromatic N) is 1. The molecule has 1 atom stereocenters. The van der Waals surface area contributed by atoms with Crippen molar-refractivity contribution in [1.82, 2.24) is 10.2 Å². The summed E-state index contributed by atoms with van der Waals surface area (Å²) in [7, 11) is 1.57. The van der Waals surface area contributed by atoms with Crippen LogP contribution in [0.1, 0.15) is 55.4 Å². The quantitative estimate of drug-likeness (QED) is 0.337. The van der Waals surface area contributed by atoms with Crippen LogP contribution in [0.2, 0.25) is 0 Å². The molecule has 1 unspecified atom stereocenters. The molecule has 0 saturated heterocycles. The van der Waals surface area contributed by atoms with Crippen molar-refractivity contribution >= 4 is 11.8 Å². The molecule has 43 heavy (non-hydrogen) atoms. The highest BCUT2D eigenvalue weighted by atomic mass is 19.1. The number of ether oxygens (including phenoxy) is 3. The van der Waals surface area contributed by atoms with Gasteiger partial charge in [-0.15, -0.1) is 0 Å². The number of fused-ring (bicyclic) bond motifs is 6. The second-order valence-corrected chi connectivity index (χ2v) is 10.5. The fourth-order valence-electron chi connectivity index (χ4n) is 5.65. The van der Waals surface area contributed by atoms with Crippen molar-refractivity contribution < 1.29 is 28.2 Å². The van der Waals surface area contributed by atoms with Crippen LogP contribution in [0.4, 0.5) is 4.39 Å². The van der Waals surface area contributed by atoms with Crippen LogP contribution >= 0.6 is 0 Å². The fraction of sp³-hybridized carbons (Fsp3) is 0.235. The summed E-state index contributed by atoms with van der Waals surface area (Å²) < 4.78 is 32.3. The molecule has 3 N–H and O–H groups in total. The van der Waals surface area contributed by atoms with Crippen molar-refractivity contribution in [2.45, 2.75) is 25.4 Å². The van der Waals surface area contributed by atoms with E-state index >= 15 is 0 Å². The summed E-state index contributed by atoms with van der Waals surface area (Å²) in [5.74, 6) is 0.711. The first-order valence-corrected chi connectivity index (χ1v) is 14.2. The summed E-state index contributed by atoms with van der Waals surface area (Å²) >= 11 is 0. The average molecular weight is 582 g/mol. The lowest BCUT2D eigenvalue weighted by atomic mass is 9.87. The monoisotopic (exact) mass is 581 g/mol. The van der Waals surface area contributed by atoms with Crippen molar-refractivity contribution in [3.05, 3.63) is 118 Å². The van der Waals surface area contributed by atoms with Gasteiger partial charge in [0.15, 0.2) is 11.5 Å². The van der Waals surface area contributed by atoms with E-state index in [1.54, 1.807) is 7.11 Å². The number of carbonyl (C=O) groups excluding carboxylic acids is 2. The minimum Gasteiger partial charge on any atom is -0.493 e. The molecule has 2 amide bonds. The van der Waals surface area contributed by atoms with Crippen molar-refractivity contribution in [1.29, 1.82) is 0 Å². The predicted octanol–water partition coefficient (Wildman–Crippen LogP) is 5.39. The Balaban J connectivity index is 1.46. The summed E-state index contributed by atoms with van der Waals surface area (Å²) in [5, 5.41) is 2.75. The number of rotatable bonds is 3. The summed E-state index contributed by atoms with van der Waals surface area (Å²) in [6.45, 7) is 1.37. The molecule has 3 aliphatic rings. The fourth-order valence-corrected chi connectivity index (χ4v) is 5.65. The third-order valence-electron chi connectivity index (χ3n) is 7.80. The summed E-state index contributed by atoms with van der Waals surface area (Å²) in [4.78, 5) is 28.6. The maximum absolute atomic E-state index is 14.5. The zero-order chi connectivity index (χ0) is 29.9. The van der Waals surface area contributed by atoms with Crippen molar-refractivity contribution in [3.63, 3.8) is 0 Å². The van der Waals surface area contributed by atoms with Crippen molar-refractivity contribution in [3.8, 4) is 23.0 Å². The maximum Gasteiger partial charge on any atom is 0.254 e. The highest BCUT2D eigenvalue weighted by Crippen LogP contribution is 2.41. The van der Waals surface area contributed by atoms with Crippen LogP contribution < -0.4 is 25.3 Å². The molecule has 0 saturated carbocycles. The van der Waals surface area contributed by atoms with Gasteiger partial charge in [-0.3, -0.25) is 9.59 Å². The molecule has 0 radical (unpaired) electrons. The third-order valence-corrected chi connectivity index (χ3v) is 7.80. The van der Waals surface area contributed by atoms with Crippen LogP contribution in [-0.2, 0) is 13.0 Å². The van der Waals surface area contributed by atoms with Gasteiger partial charge in [0.2, 0.25) is 0 Å². The maximum atomic E-state index is 14.5. The molecule has 3 heterocycles. The van der Waals surface area contributed by atoms with E-state index < -0.39 is 17.8 Å². The van der Waals surface area contributed by atoms with Crippen LogP contribution in [-0.4, -0.2) is 43.5 Å². The molecule has 4 aromatic carbocycles. The molecule has 9 heteroatoms. The lowest BCUT2D eigenvalue weighted by molar-refractivity contribution is 0.0694. The Morgan fingerprint density at radius 3 is 2.74 bits per heavy atom. The number of methoxy groups -OCH3 is 1. The minimum absolute atomic E-state index is 0.0960. The van der Waals surface area contributed by atoms with Crippen LogP contribution in [0.3, 0.4) is 0 Å². The van der Waals surface area contributed by atoms with E-state index in [0.29, 0.717) is 54.5 Å². The Hall–Kier alpha value is -4.89. The lowest BCUT2D eigenvalue weighted by Gasteiger charge is -2.38. The highest BCUT2D eigenvalue weighted by molar-refractivity contribution is 5.95. The highest BCUT2D eigenvalue weighted by Gasteiger charge is 2.34. The van der Waals surface area contributed by atoms with E-state index in [-0.39, 0.29) is 24.6 Å². The number of carbonyl (C=O) groups is 2. The second-order valence-electron chi connectivity index (χ2n) is 10.5. The SMILES string of the molecule is COc1ccc2cc1OCCCNC(=O)c1cc(ccc1F)Oc1ccc3c(c1)CCN(C(=O)c1cccc(CN)c1)C23. The standard InChI is InChI=1S/C34H32FN3O5/c1-41-30-11-6-23-18-31(30)42-15-3-13-37-33(39)28-19-26(8-10-29(28)35)43-25-7-9-27-22(17-25)12-14-38(32(23)27)34(40)24-5-2-4-21(16-24)20-36/h2,4-11,16-19,32H,3,12-15,20,36H2,1H3,(H,37,39). The number of hydrogen-bond acceptors (Lipinski definition) is 6.